The number of nitrogens with zero attached hydrogens (tertiary/aromatic N) is 4. The zero-order valence-corrected chi connectivity index (χ0v) is 18.2. The summed E-state index contributed by atoms with van der Waals surface area (Å²) < 4.78 is 13.3. The van der Waals surface area contributed by atoms with Crippen LogP contribution < -0.4 is 10.6 Å². The van der Waals surface area contributed by atoms with Gasteiger partial charge in [0.2, 0.25) is 11.9 Å². The number of aromatic nitrogens is 3. The minimum Gasteiger partial charge on any atom is -0.366 e. The van der Waals surface area contributed by atoms with Gasteiger partial charge in [-0.05, 0) is 37.5 Å². The summed E-state index contributed by atoms with van der Waals surface area (Å²) in [4.78, 5) is 38.5. The summed E-state index contributed by atoms with van der Waals surface area (Å²) in [5, 5.41) is 6.32. The molecule has 5 rings (SSSR count). The standard InChI is InChI=1S/C25H21FN6O2/c26-21-14-18(11-12-27-21)30-25-28-15-16(22(31-25)29-17-9-10-17)6-2-1-5-13-32-23(33)19-7-3-4-8-20(19)24(32)34/h3-4,7-8,11-12,14-15,17H,1,5,9-10,13H2,(H2,27,28,29,30,31). The molecule has 1 aromatic carbocycles. The summed E-state index contributed by atoms with van der Waals surface area (Å²) in [6, 6.07) is 10.1. The van der Waals surface area contributed by atoms with Crippen molar-refractivity contribution in [3.8, 4) is 11.8 Å². The van der Waals surface area contributed by atoms with Crippen LogP contribution in [0.25, 0.3) is 0 Å². The molecule has 2 aromatic heterocycles. The Morgan fingerprint density at radius 3 is 2.56 bits per heavy atom. The topological polar surface area (TPSA) is 100 Å². The number of pyridine rings is 1. The molecule has 0 bridgehead atoms. The Balaban J connectivity index is 1.22. The van der Waals surface area contributed by atoms with Gasteiger partial charge in [0.25, 0.3) is 11.8 Å². The van der Waals surface area contributed by atoms with E-state index in [1.165, 1.54) is 17.2 Å². The molecular formula is C25H21FN6O2. The summed E-state index contributed by atoms with van der Waals surface area (Å²) in [5.41, 5.74) is 2.06. The van der Waals surface area contributed by atoms with E-state index < -0.39 is 5.95 Å². The van der Waals surface area contributed by atoms with Crippen molar-refractivity contribution in [1.29, 1.82) is 0 Å². The van der Waals surface area contributed by atoms with Gasteiger partial charge in [-0.25, -0.2) is 9.97 Å². The van der Waals surface area contributed by atoms with Crippen LogP contribution in [0, 0.1) is 17.8 Å². The molecule has 1 fully saturated rings. The lowest BCUT2D eigenvalue weighted by molar-refractivity contribution is 0.0653. The maximum Gasteiger partial charge on any atom is 0.261 e. The number of nitrogens with one attached hydrogen (secondary N) is 2. The molecule has 170 valence electrons. The lowest BCUT2D eigenvalue weighted by Crippen LogP contribution is -2.30. The zero-order valence-electron chi connectivity index (χ0n) is 18.2. The second-order valence-corrected chi connectivity index (χ2v) is 8.08. The maximum absolute atomic E-state index is 13.3. The number of hydrogen-bond acceptors (Lipinski definition) is 7. The number of hydrogen-bond donors (Lipinski definition) is 2. The third kappa shape index (κ3) is 4.71. The largest absolute Gasteiger partial charge is 0.366 e. The monoisotopic (exact) mass is 456 g/mol. The molecule has 0 radical (unpaired) electrons. The fourth-order valence-corrected chi connectivity index (χ4v) is 3.60. The van der Waals surface area contributed by atoms with Crippen LogP contribution in [0.5, 0.6) is 0 Å². The summed E-state index contributed by atoms with van der Waals surface area (Å²) in [6.45, 7) is 0.316. The highest BCUT2D eigenvalue weighted by molar-refractivity contribution is 6.21. The molecule has 3 heterocycles. The number of benzene rings is 1. The Morgan fingerprint density at radius 1 is 1.09 bits per heavy atom. The fourth-order valence-electron chi connectivity index (χ4n) is 3.60. The SMILES string of the molecule is O=C1c2ccccc2C(=O)N1CCCC#Cc1cnc(Nc2ccnc(F)c2)nc1NC1CC1. The predicted molar refractivity (Wildman–Crippen MR) is 124 cm³/mol. The number of halogens is 1. The number of rotatable bonds is 7. The molecule has 0 spiro atoms. The van der Waals surface area contributed by atoms with Gasteiger partial charge in [-0.2, -0.15) is 9.37 Å². The van der Waals surface area contributed by atoms with Crippen molar-refractivity contribution in [2.24, 2.45) is 0 Å². The Hall–Kier alpha value is -4.32. The second-order valence-electron chi connectivity index (χ2n) is 8.08. The fraction of sp³-hybridized carbons (Fsp3) is 0.240. The number of unbranched alkanes of at least 4 members (excludes halogenated alkanes) is 1. The Kier molecular flexibility index (Phi) is 5.87. The third-order valence-electron chi connectivity index (χ3n) is 5.47. The summed E-state index contributed by atoms with van der Waals surface area (Å²) in [5.74, 6) is 6.01. The first-order valence-corrected chi connectivity index (χ1v) is 11.0. The van der Waals surface area contributed by atoms with Gasteiger partial charge in [0.1, 0.15) is 5.82 Å². The van der Waals surface area contributed by atoms with E-state index in [9.17, 15) is 14.0 Å². The van der Waals surface area contributed by atoms with Crippen LogP contribution in [0.1, 0.15) is 52.0 Å². The predicted octanol–water partition coefficient (Wildman–Crippen LogP) is 3.76. The minimum absolute atomic E-state index is 0.255. The van der Waals surface area contributed by atoms with E-state index in [1.54, 1.807) is 36.5 Å². The van der Waals surface area contributed by atoms with Gasteiger partial charge in [-0.3, -0.25) is 14.5 Å². The quantitative estimate of drug-likeness (QED) is 0.242. The molecule has 1 aliphatic heterocycles. The van der Waals surface area contributed by atoms with E-state index in [2.05, 4.69) is 37.4 Å². The van der Waals surface area contributed by atoms with Crippen molar-refractivity contribution in [3.05, 3.63) is 71.4 Å². The molecule has 0 saturated heterocycles. The molecule has 34 heavy (non-hydrogen) atoms. The Morgan fingerprint density at radius 2 is 1.85 bits per heavy atom. The molecule has 0 unspecified atom stereocenters. The van der Waals surface area contributed by atoms with Crippen molar-refractivity contribution in [3.63, 3.8) is 0 Å². The minimum atomic E-state index is -0.593. The molecule has 2 N–H and O–H groups in total. The number of carbonyl (C=O) groups excluding carboxylic acids is 2. The highest BCUT2D eigenvalue weighted by atomic mass is 19.1. The smallest absolute Gasteiger partial charge is 0.261 e. The zero-order chi connectivity index (χ0) is 23.5. The number of anilines is 3. The molecule has 3 aromatic rings. The van der Waals surface area contributed by atoms with Crippen LogP contribution >= 0.6 is 0 Å². The lowest BCUT2D eigenvalue weighted by atomic mass is 10.1. The second kappa shape index (κ2) is 9.27. The van der Waals surface area contributed by atoms with Crippen LogP contribution in [0.3, 0.4) is 0 Å². The summed E-state index contributed by atoms with van der Waals surface area (Å²) >= 11 is 0. The van der Waals surface area contributed by atoms with Gasteiger partial charge < -0.3 is 10.6 Å². The molecule has 8 nitrogen and oxygen atoms in total. The van der Waals surface area contributed by atoms with Gasteiger partial charge in [-0.15, -0.1) is 0 Å². The number of carbonyl (C=O) groups is 2. The van der Waals surface area contributed by atoms with Crippen molar-refractivity contribution in [2.45, 2.75) is 31.7 Å². The van der Waals surface area contributed by atoms with E-state index >= 15 is 0 Å². The van der Waals surface area contributed by atoms with E-state index in [0.29, 0.717) is 59.6 Å². The van der Waals surface area contributed by atoms with Crippen LogP contribution in [0.4, 0.5) is 21.8 Å². The average Bonchev–Trinajstić information content (AvgIpc) is 3.62. The van der Waals surface area contributed by atoms with Gasteiger partial charge in [0.05, 0.1) is 22.9 Å². The van der Waals surface area contributed by atoms with Gasteiger partial charge in [-0.1, -0.05) is 24.0 Å². The highest BCUT2D eigenvalue weighted by Gasteiger charge is 2.34. The molecule has 9 heteroatoms. The van der Waals surface area contributed by atoms with Gasteiger partial charge in [0, 0.05) is 37.0 Å². The van der Waals surface area contributed by atoms with Crippen molar-refractivity contribution >= 4 is 29.3 Å². The molecule has 1 aliphatic carbocycles. The summed E-state index contributed by atoms with van der Waals surface area (Å²) in [7, 11) is 0. The first kappa shape index (κ1) is 21.5. The van der Waals surface area contributed by atoms with E-state index in [-0.39, 0.29) is 11.8 Å². The lowest BCUT2D eigenvalue weighted by Gasteiger charge is -2.12. The van der Waals surface area contributed by atoms with E-state index in [4.69, 9.17) is 0 Å². The summed E-state index contributed by atoms with van der Waals surface area (Å²) in [6.07, 6.45) is 6.19. The van der Waals surface area contributed by atoms with Crippen LogP contribution in [0.2, 0.25) is 0 Å². The molecule has 2 aliphatic rings. The normalized spacial score (nSPS) is 14.4. The maximum atomic E-state index is 13.3. The third-order valence-corrected chi connectivity index (χ3v) is 5.47. The number of fused-ring (bicyclic) bond motifs is 1. The Bertz CT molecular complexity index is 1290. The molecule has 1 saturated carbocycles. The molecular weight excluding hydrogens is 435 g/mol. The number of amides is 2. The van der Waals surface area contributed by atoms with Crippen molar-refractivity contribution in [1.82, 2.24) is 19.9 Å². The molecule has 2 amide bonds. The number of imide groups is 1. The van der Waals surface area contributed by atoms with Crippen LogP contribution in [-0.4, -0.2) is 44.3 Å². The highest BCUT2D eigenvalue weighted by Crippen LogP contribution is 2.26. The van der Waals surface area contributed by atoms with Crippen molar-refractivity contribution in [2.75, 3.05) is 17.2 Å². The Labute approximate surface area is 195 Å². The van der Waals surface area contributed by atoms with Crippen molar-refractivity contribution < 1.29 is 14.0 Å². The first-order valence-electron chi connectivity index (χ1n) is 11.0. The van der Waals surface area contributed by atoms with E-state index in [1.807, 2.05) is 0 Å². The van der Waals surface area contributed by atoms with Crippen LogP contribution in [-0.2, 0) is 0 Å². The average molecular weight is 456 g/mol. The first-order chi connectivity index (χ1) is 16.6. The van der Waals surface area contributed by atoms with Crippen LogP contribution in [0.15, 0.2) is 48.8 Å². The van der Waals surface area contributed by atoms with Gasteiger partial charge in [0.15, 0.2) is 0 Å². The van der Waals surface area contributed by atoms with Gasteiger partial charge >= 0.3 is 0 Å². The molecule has 0 atom stereocenters. The van der Waals surface area contributed by atoms with E-state index in [0.717, 1.165) is 12.8 Å².